The second kappa shape index (κ2) is 6.01. The third-order valence-corrected chi connectivity index (χ3v) is 4.84. The fourth-order valence-corrected chi connectivity index (χ4v) is 2.67. The van der Waals surface area contributed by atoms with Crippen LogP contribution in [0.5, 0.6) is 0 Å². The van der Waals surface area contributed by atoms with Crippen LogP contribution in [0.2, 0.25) is 0 Å². The summed E-state index contributed by atoms with van der Waals surface area (Å²) in [6.07, 6.45) is 0. The van der Waals surface area contributed by atoms with Gasteiger partial charge < -0.3 is 16.4 Å². The fourth-order valence-electron chi connectivity index (χ4n) is 1.23. The van der Waals surface area contributed by atoms with E-state index in [9.17, 15) is 13.2 Å². The van der Waals surface area contributed by atoms with Crippen molar-refractivity contribution < 1.29 is 13.2 Å². The van der Waals surface area contributed by atoms with E-state index < -0.39 is 9.84 Å². The van der Waals surface area contributed by atoms with Crippen LogP contribution in [0, 0.1) is 0 Å². The van der Waals surface area contributed by atoms with Gasteiger partial charge in [-0.2, -0.15) is 4.37 Å². The molecule has 0 fully saturated rings. The summed E-state index contributed by atoms with van der Waals surface area (Å²) in [5.41, 5.74) is 5.84. The Hall–Kier alpha value is -1.35. The van der Waals surface area contributed by atoms with Crippen LogP contribution < -0.4 is 16.4 Å². The molecular formula is C9H16N4O3S2. The van der Waals surface area contributed by atoms with Crippen molar-refractivity contribution in [1.82, 2.24) is 9.69 Å². The molecule has 18 heavy (non-hydrogen) atoms. The summed E-state index contributed by atoms with van der Waals surface area (Å²) in [6, 6.07) is 0. The SMILES string of the molecule is CCS(=O)(=O)CCNc1snc(N)c1C(=O)NC. The minimum absolute atomic E-state index is 0.00842. The zero-order valence-corrected chi connectivity index (χ0v) is 11.8. The summed E-state index contributed by atoms with van der Waals surface area (Å²) < 4.78 is 26.5. The Balaban J connectivity index is 2.72. The van der Waals surface area contributed by atoms with Gasteiger partial charge in [-0.1, -0.05) is 6.92 Å². The van der Waals surface area contributed by atoms with Crippen molar-refractivity contribution >= 4 is 38.1 Å². The van der Waals surface area contributed by atoms with Gasteiger partial charge in [0, 0.05) is 19.3 Å². The van der Waals surface area contributed by atoms with Gasteiger partial charge in [-0.25, -0.2) is 8.42 Å². The highest BCUT2D eigenvalue weighted by Crippen LogP contribution is 2.26. The number of sulfone groups is 1. The Kier molecular flexibility index (Phi) is 4.91. The second-order valence-electron chi connectivity index (χ2n) is 3.51. The number of nitrogens with one attached hydrogen (secondary N) is 2. The molecule has 0 atom stereocenters. The number of carbonyl (C=O) groups excluding carboxylic acids is 1. The number of aromatic nitrogens is 1. The highest BCUT2D eigenvalue weighted by molar-refractivity contribution is 7.91. The van der Waals surface area contributed by atoms with Gasteiger partial charge in [-0.05, 0) is 11.5 Å². The number of nitrogens with two attached hydrogens (primary N) is 1. The predicted molar refractivity (Wildman–Crippen MR) is 72.7 cm³/mol. The summed E-state index contributed by atoms with van der Waals surface area (Å²) in [6.45, 7) is 1.82. The lowest BCUT2D eigenvalue weighted by atomic mass is 10.3. The topological polar surface area (TPSA) is 114 Å². The molecule has 102 valence electrons. The third-order valence-electron chi connectivity index (χ3n) is 2.31. The van der Waals surface area contributed by atoms with Gasteiger partial charge in [0.15, 0.2) is 15.7 Å². The lowest BCUT2D eigenvalue weighted by Gasteiger charge is -2.06. The minimum atomic E-state index is -3.03. The van der Waals surface area contributed by atoms with Crippen molar-refractivity contribution in [3.63, 3.8) is 0 Å². The monoisotopic (exact) mass is 292 g/mol. The molecule has 1 amide bonds. The van der Waals surface area contributed by atoms with E-state index in [1.807, 2.05) is 0 Å². The molecule has 1 rings (SSSR count). The number of amides is 1. The van der Waals surface area contributed by atoms with Crippen molar-refractivity contribution in [3.05, 3.63) is 5.56 Å². The fraction of sp³-hybridized carbons (Fsp3) is 0.556. The Labute approximate surface area is 110 Å². The molecule has 0 unspecified atom stereocenters. The first-order valence-corrected chi connectivity index (χ1v) is 7.92. The smallest absolute Gasteiger partial charge is 0.257 e. The maximum Gasteiger partial charge on any atom is 0.257 e. The number of hydrogen-bond donors (Lipinski definition) is 3. The molecule has 1 heterocycles. The first kappa shape index (κ1) is 14.7. The molecular weight excluding hydrogens is 276 g/mol. The molecule has 9 heteroatoms. The number of anilines is 2. The number of carbonyl (C=O) groups is 1. The summed E-state index contributed by atoms with van der Waals surface area (Å²) in [7, 11) is -1.54. The van der Waals surface area contributed by atoms with Gasteiger partial charge in [0.25, 0.3) is 5.91 Å². The van der Waals surface area contributed by atoms with Crippen molar-refractivity contribution in [2.45, 2.75) is 6.92 Å². The predicted octanol–water partition coefficient (Wildman–Crippen LogP) is -0.0685. The molecule has 0 aliphatic carbocycles. The standard InChI is InChI=1S/C9H16N4O3S2/c1-3-18(15,16)5-4-12-9-6(8(14)11-2)7(10)13-17-9/h12H,3-5H2,1-2H3,(H2,10,13)(H,11,14). The van der Waals surface area contributed by atoms with Gasteiger partial charge in [-0.3, -0.25) is 4.79 Å². The van der Waals surface area contributed by atoms with Gasteiger partial charge in [0.1, 0.15) is 10.6 Å². The third kappa shape index (κ3) is 3.57. The maximum absolute atomic E-state index is 11.5. The van der Waals surface area contributed by atoms with E-state index in [1.165, 1.54) is 7.05 Å². The van der Waals surface area contributed by atoms with E-state index in [0.717, 1.165) is 11.5 Å². The molecule has 0 saturated heterocycles. The summed E-state index contributed by atoms with van der Waals surface area (Å²) in [5.74, 6) is -0.0988. The second-order valence-corrected chi connectivity index (χ2v) is 6.76. The Morgan fingerprint density at radius 1 is 1.50 bits per heavy atom. The number of nitrogen functional groups attached to an aromatic ring is 1. The molecule has 4 N–H and O–H groups in total. The van der Waals surface area contributed by atoms with Crippen LogP contribution in [0.25, 0.3) is 0 Å². The summed E-state index contributed by atoms with van der Waals surface area (Å²) in [4.78, 5) is 11.5. The van der Waals surface area contributed by atoms with Crippen molar-refractivity contribution in [2.75, 3.05) is 36.1 Å². The Bertz CT molecular complexity index is 524. The highest BCUT2D eigenvalue weighted by atomic mass is 32.2. The van der Waals surface area contributed by atoms with Crippen LogP contribution in [-0.4, -0.2) is 43.8 Å². The maximum atomic E-state index is 11.5. The average Bonchev–Trinajstić information content (AvgIpc) is 2.69. The van der Waals surface area contributed by atoms with Crippen LogP contribution in [0.1, 0.15) is 17.3 Å². The van der Waals surface area contributed by atoms with E-state index in [2.05, 4.69) is 15.0 Å². The Morgan fingerprint density at radius 3 is 2.72 bits per heavy atom. The van der Waals surface area contributed by atoms with Gasteiger partial charge in [0.05, 0.1) is 5.75 Å². The van der Waals surface area contributed by atoms with E-state index in [-0.39, 0.29) is 35.3 Å². The first-order valence-electron chi connectivity index (χ1n) is 5.32. The van der Waals surface area contributed by atoms with Crippen LogP contribution in [0.4, 0.5) is 10.8 Å². The summed E-state index contributed by atoms with van der Waals surface area (Å²) >= 11 is 1.04. The molecule has 0 saturated carbocycles. The molecule has 1 aromatic rings. The largest absolute Gasteiger partial charge is 0.382 e. The van der Waals surface area contributed by atoms with Gasteiger partial charge in [0.2, 0.25) is 0 Å². The molecule has 0 radical (unpaired) electrons. The van der Waals surface area contributed by atoms with Gasteiger partial charge in [-0.15, -0.1) is 0 Å². The lowest BCUT2D eigenvalue weighted by Crippen LogP contribution is -2.21. The quantitative estimate of drug-likeness (QED) is 0.676. The lowest BCUT2D eigenvalue weighted by molar-refractivity contribution is 0.0965. The van der Waals surface area contributed by atoms with Crippen LogP contribution in [0.15, 0.2) is 0 Å². The van der Waals surface area contributed by atoms with Gasteiger partial charge >= 0.3 is 0 Å². The van der Waals surface area contributed by atoms with E-state index in [4.69, 9.17) is 5.73 Å². The molecule has 0 aromatic carbocycles. The number of hydrogen-bond acceptors (Lipinski definition) is 7. The zero-order valence-electron chi connectivity index (χ0n) is 10.2. The van der Waals surface area contributed by atoms with Crippen molar-refractivity contribution in [2.24, 2.45) is 0 Å². The van der Waals surface area contributed by atoms with Crippen molar-refractivity contribution in [3.8, 4) is 0 Å². The average molecular weight is 292 g/mol. The normalized spacial score (nSPS) is 11.2. The number of nitrogens with zero attached hydrogens (tertiary/aromatic N) is 1. The molecule has 0 aliphatic heterocycles. The van der Waals surface area contributed by atoms with E-state index in [0.29, 0.717) is 5.00 Å². The van der Waals surface area contributed by atoms with Crippen LogP contribution in [0.3, 0.4) is 0 Å². The number of rotatable bonds is 6. The van der Waals surface area contributed by atoms with E-state index in [1.54, 1.807) is 6.92 Å². The van der Waals surface area contributed by atoms with Crippen molar-refractivity contribution in [1.29, 1.82) is 0 Å². The van der Waals surface area contributed by atoms with Crippen LogP contribution in [-0.2, 0) is 9.84 Å². The van der Waals surface area contributed by atoms with Crippen LogP contribution >= 0.6 is 11.5 Å². The highest BCUT2D eigenvalue weighted by Gasteiger charge is 2.18. The molecule has 0 spiro atoms. The first-order chi connectivity index (χ1) is 8.41. The molecule has 1 aromatic heterocycles. The summed E-state index contributed by atoms with van der Waals surface area (Å²) in [5, 5.41) is 5.82. The minimum Gasteiger partial charge on any atom is -0.382 e. The molecule has 0 aliphatic rings. The Morgan fingerprint density at radius 2 is 2.17 bits per heavy atom. The zero-order chi connectivity index (χ0) is 13.8. The molecule has 0 bridgehead atoms. The molecule has 7 nitrogen and oxygen atoms in total. The van der Waals surface area contributed by atoms with E-state index >= 15 is 0 Å².